The van der Waals surface area contributed by atoms with Gasteiger partial charge in [-0.15, -0.1) is 0 Å². The van der Waals surface area contributed by atoms with E-state index in [-0.39, 0.29) is 18.0 Å². The molecule has 3 aliphatic rings. The molecular weight excluding hydrogens is 488 g/mol. The fourth-order valence-corrected chi connectivity index (χ4v) is 5.52. The second-order valence-electron chi connectivity index (χ2n) is 9.77. The van der Waals surface area contributed by atoms with Crippen molar-refractivity contribution in [2.24, 2.45) is 6.98 Å². The van der Waals surface area contributed by atoms with Crippen molar-refractivity contribution in [2.45, 2.75) is 25.0 Å². The van der Waals surface area contributed by atoms with Gasteiger partial charge < -0.3 is 14.2 Å². The lowest BCUT2D eigenvalue weighted by atomic mass is 9.87. The van der Waals surface area contributed by atoms with Crippen molar-refractivity contribution >= 4 is 11.3 Å². The van der Waals surface area contributed by atoms with Crippen LogP contribution in [-0.2, 0) is 13.5 Å². The number of piperazine rings is 1. The predicted molar refractivity (Wildman–Crippen MR) is 148 cm³/mol. The summed E-state index contributed by atoms with van der Waals surface area (Å²) in [6.45, 7) is -2.98. The average molecular weight is 525 g/mol. The summed E-state index contributed by atoms with van der Waals surface area (Å²) in [6.07, 6.45) is 10.2. The first-order valence-electron chi connectivity index (χ1n) is 16.5. The third-order valence-corrected chi connectivity index (χ3v) is 7.43. The Morgan fingerprint density at radius 1 is 1.05 bits per heavy atom. The lowest BCUT2D eigenvalue weighted by Gasteiger charge is -2.56. The highest BCUT2D eigenvalue weighted by atomic mass is 16.5. The number of methoxy groups -OCH3 is 1. The van der Waals surface area contributed by atoms with Crippen LogP contribution in [0.5, 0.6) is 5.88 Å². The Labute approximate surface area is 237 Å². The molecule has 5 aromatic rings. The Hall–Kier alpha value is -4.68. The molecule has 9 heteroatoms. The highest BCUT2D eigenvalue weighted by Gasteiger charge is 2.44. The molecule has 2 unspecified atom stereocenters. The molecule has 0 saturated carbocycles. The molecule has 8 rings (SSSR count). The first-order chi connectivity index (χ1) is 22.2. The number of nitrogens with zero attached hydrogens (tertiary/aromatic N) is 8. The van der Waals surface area contributed by atoms with Crippen molar-refractivity contribution in [3.63, 3.8) is 0 Å². The molecule has 0 N–H and O–H groups in total. The summed E-state index contributed by atoms with van der Waals surface area (Å²) in [5.41, 5.74) is 4.23. The van der Waals surface area contributed by atoms with Gasteiger partial charge in [-0.2, -0.15) is 10.4 Å². The van der Waals surface area contributed by atoms with E-state index < -0.39 is 20.5 Å². The smallest absolute Gasteiger partial charge is 0.212 e. The summed E-state index contributed by atoms with van der Waals surface area (Å²) >= 11 is 0. The lowest BCUT2D eigenvalue weighted by Crippen LogP contribution is -2.68. The van der Waals surface area contributed by atoms with Crippen LogP contribution in [0.4, 0.5) is 5.82 Å². The van der Waals surface area contributed by atoms with Crippen LogP contribution >= 0.6 is 0 Å². The Bertz CT molecular complexity index is 1980. The highest BCUT2D eigenvalue weighted by Crippen LogP contribution is 2.37. The fraction of sp³-hybridized carbons (Fsp3) is 0.267. The molecule has 3 fully saturated rings. The third kappa shape index (κ3) is 4.10. The minimum atomic E-state index is -2.64. The van der Waals surface area contributed by atoms with Crippen LogP contribution in [0.3, 0.4) is 0 Å². The molecule has 39 heavy (non-hydrogen) atoms. The normalized spacial score (nSPS) is 22.7. The lowest BCUT2D eigenvalue weighted by molar-refractivity contribution is -0.00876. The Kier molecular flexibility index (Phi) is 3.87. The number of aryl methyl sites for hydroxylation is 1. The number of rotatable bonds is 6. The Morgan fingerprint density at radius 3 is 2.69 bits per heavy atom. The van der Waals surface area contributed by atoms with Crippen LogP contribution in [0.2, 0.25) is 0 Å². The number of piperidine rings is 1. The number of nitriles is 1. The van der Waals surface area contributed by atoms with Gasteiger partial charge >= 0.3 is 0 Å². The number of anilines is 1. The molecule has 0 spiro atoms. The standard InChI is InChI=1S/C30H28N8O/c1-35-8-7-22(16-35)23-9-27(30-24(11-31)14-34-38(30)17-23)21-4-5-28(32-13-21)36-18-25-10-26(19-36)37(25)15-20-3-6-29(39-2)33-12-20/h3-9,12-14,16-17,25-26H,10,15,18-19H2,1-2H3/i1D3,2D3,15D2. The van der Waals surface area contributed by atoms with Crippen LogP contribution in [-0.4, -0.2) is 61.3 Å². The Balaban J connectivity index is 1.11. The number of ether oxygens (including phenoxy) is 1. The number of aromatic nitrogens is 5. The van der Waals surface area contributed by atoms with Crippen LogP contribution < -0.4 is 9.64 Å². The maximum atomic E-state index is 9.77. The van der Waals surface area contributed by atoms with E-state index in [1.807, 2.05) is 23.1 Å². The van der Waals surface area contributed by atoms with Crippen LogP contribution in [0, 0.1) is 11.3 Å². The molecule has 0 amide bonds. The van der Waals surface area contributed by atoms with Crippen LogP contribution in [0.15, 0.2) is 73.6 Å². The second-order valence-corrected chi connectivity index (χ2v) is 9.77. The molecule has 8 heterocycles. The molecule has 2 bridgehead atoms. The first kappa shape index (κ1) is 16.3. The van der Waals surface area contributed by atoms with Crippen molar-refractivity contribution in [1.29, 1.82) is 5.26 Å². The Morgan fingerprint density at radius 2 is 1.97 bits per heavy atom. The summed E-state index contributed by atoms with van der Waals surface area (Å²) < 4.78 is 70.2. The summed E-state index contributed by atoms with van der Waals surface area (Å²) in [4.78, 5) is 12.7. The van der Waals surface area contributed by atoms with Crippen molar-refractivity contribution in [3.8, 4) is 34.2 Å². The maximum Gasteiger partial charge on any atom is 0.212 e. The molecular formula is C30H28N8O. The summed E-state index contributed by atoms with van der Waals surface area (Å²) in [7, 11) is -2.64. The molecule has 3 saturated heterocycles. The second kappa shape index (κ2) is 9.26. The zero-order chi connectivity index (χ0) is 33.3. The third-order valence-electron chi connectivity index (χ3n) is 7.43. The van der Waals surface area contributed by atoms with Crippen LogP contribution in [0.25, 0.3) is 27.8 Å². The zero-order valence-electron chi connectivity index (χ0n) is 28.7. The highest BCUT2D eigenvalue weighted by molar-refractivity contribution is 5.87. The number of hydrogen-bond donors (Lipinski definition) is 0. The largest absolute Gasteiger partial charge is 0.481 e. The first-order valence-corrected chi connectivity index (χ1v) is 12.5. The monoisotopic (exact) mass is 524 g/mol. The van der Waals surface area contributed by atoms with Gasteiger partial charge in [0, 0.05) is 105 Å². The predicted octanol–water partition coefficient (Wildman–Crippen LogP) is 4.14. The molecule has 2 atom stereocenters. The fourth-order valence-electron chi connectivity index (χ4n) is 5.52. The summed E-state index contributed by atoms with van der Waals surface area (Å²) in [5, 5.41) is 14.1. The molecule has 0 radical (unpaired) electrons. The van der Waals surface area contributed by atoms with E-state index in [2.05, 4.69) is 21.1 Å². The van der Waals surface area contributed by atoms with Crippen molar-refractivity contribution in [1.82, 2.24) is 29.0 Å². The molecule has 3 aliphatic heterocycles. The van der Waals surface area contributed by atoms with Gasteiger partial charge in [0.1, 0.15) is 11.9 Å². The van der Waals surface area contributed by atoms with Crippen molar-refractivity contribution in [3.05, 3.63) is 84.7 Å². The van der Waals surface area contributed by atoms with Gasteiger partial charge in [-0.05, 0) is 36.2 Å². The quantitative estimate of drug-likeness (QED) is 0.330. The van der Waals surface area contributed by atoms with Gasteiger partial charge in [-0.25, -0.2) is 14.5 Å². The SMILES string of the molecule is [2H]C([2H])([2H])Oc1ccc(C([2H])([2H])N2C3CC2CN(c2ccc(-c4cc(-c5ccn(C([2H])([2H])[2H])c5)cn5ncc(C#N)c45)cn2)C3)cn1. The van der Waals surface area contributed by atoms with Gasteiger partial charge in [0.25, 0.3) is 0 Å². The molecule has 0 aromatic carbocycles. The maximum absolute atomic E-state index is 9.77. The van der Waals surface area contributed by atoms with Crippen molar-refractivity contribution < 1.29 is 15.7 Å². The summed E-state index contributed by atoms with van der Waals surface area (Å²) in [5.74, 6) is 0.652. The molecule has 9 nitrogen and oxygen atoms in total. The number of hydrogen-bond acceptors (Lipinski definition) is 7. The van der Waals surface area contributed by atoms with E-state index in [1.165, 1.54) is 35.3 Å². The van der Waals surface area contributed by atoms with Crippen molar-refractivity contribution in [2.75, 3.05) is 25.0 Å². The van der Waals surface area contributed by atoms with Gasteiger partial charge in [-0.3, -0.25) is 4.90 Å². The van der Waals surface area contributed by atoms with Crippen LogP contribution in [0.1, 0.15) is 28.5 Å². The number of pyridine rings is 3. The minimum Gasteiger partial charge on any atom is -0.481 e. The van der Waals surface area contributed by atoms with E-state index in [1.54, 1.807) is 29.2 Å². The van der Waals surface area contributed by atoms with Gasteiger partial charge in [-0.1, -0.05) is 6.07 Å². The van der Waals surface area contributed by atoms with Gasteiger partial charge in [0.15, 0.2) is 0 Å². The average Bonchev–Trinajstić information content (AvgIpc) is 3.68. The van der Waals surface area contributed by atoms with E-state index in [9.17, 15) is 5.26 Å². The van der Waals surface area contributed by atoms with Gasteiger partial charge in [0.2, 0.25) is 5.88 Å². The molecule has 0 aliphatic carbocycles. The summed E-state index contributed by atoms with van der Waals surface area (Å²) in [6, 6.07) is 12.4. The molecule has 5 aromatic heterocycles. The molecule has 194 valence electrons. The van der Waals surface area contributed by atoms with E-state index in [0.29, 0.717) is 35.3 Å². The number of fused-ring (bicyclic) bond motifs is 3. The van der Waals surface area contributed by atoms with E-state index in [4.69, 9.17) is 20.7 Å². The van der Waals surface area contributed by atoms with E-state index in [0.717, 1.165) is 28.9 Å². The zero-order valence-corrected chi connectivity index (χ0v) is 20.7. The van der Waals surface area contributed by atoms with E-state index >= 15 is 0 Å². The minimum absolute atomic E-state index is 0.0629. The van der Waals surface area contributed by atoms with Gasteiger partial charge in [0.05, 0.1) is 28.4 Å². The topological polar surface area (TPSA) is 87.5 Å².